The number of hydrogen-bond acceptors (Lipinski definition) is 1. The summed E-state index contributed by atoms with van der Waals surface area (Å²) >= 11 is 0. The van der Waals surface area contributed by atoms with Crippen LogP contribution in [0.15, 0.2) is 18.2 Å². The summed E-state index contributed by atoms with van der Waals surface area (Å²) in [5.74, 6) is 0. The minimum atomic E-state index is -1.70. The quantitative estimate of drug-likeness (QED) is 0.595. The van der Waals surface area contributed by atoms with Crippen molar-refractivity contribution >= 4 is 8.32 Å². The molecule has 1 atom stereocenters. The van der Waals surface area contributed by atoms with E-state index in [-0.39, 0.29) is 5.04 Å². The van der Waals surface area contributed by atoms with Gasteiger partial charge in [0.15, 0.2) is 8.32 Å². The molecule has 0 aliphatic heterocycles. The maximum atomic E-state index is 6.71. The van der Waals surface area contributed by atoms with Crippen molar-refractivity contribution in [2.75, 3.05) is 0 Å². The summed E-state index contributed by atoms with van der Waals surface area (Å²) in [5.41, 5.74) is 4.91. The van der Waals surface area contributed by atoms with E-state index in [2.05, 4.69) is 72.8 Å². The highest BCUT2D eigenvalue weighted by Crippen LogP contribution is 2.44. The Bertz CT molecular complexity index is 532. The Morgan fingerprint density at radius 1 is 1.09 bits per heavy atom. The zero-order valence-corrected chi connectivity index (χ0v) is 16.8. The van der Waals surface area contributed by atoms with Gasteiger partial charge in [0, 0.05) is 0 Å². The summed E-state index contributed by atoms with van der Waals surface area (Å²) in [6, 6.07) is 6.85. The van der Waals surface area contributed by atoms with Crippen molar-refractivity contribution in [1.82, 2.24) is 0 Å². The normalized spacial score (nSPS) is 19.4. The topological polar surface area (TPSA) is 9.23 Å². The van der Waals surface area contributed by atoms with Gasteiger partial charge < -0.3 is 4.43 Å². The molecule has 124 valence electrons. The second-order valence-electron chi connectivity index (χ2n) is 9.63. The molecule has 1 aliphatic rings. The van der Waals surface area contributed by atoms with Gasteiger partial charge >= 0.3 is 0 Å². The van der Waals surface area contributed by atoms with Crippen LogP contribution in [0.3, 0.4) is 0 Å². The lowest BCUT2D eigenvalue weighted by Gasteiger charge is -2.38. The molecule has 0 amide bonds. The summed E-state index contributed by atoms with van der Waals surface area (Å²) in [4.78, 5) is 0. The predicted octanol–water partition coefficient (Wildman–Crippen LogP) is 6.28. The van der Waals surface area contributed by atoms with Gasteiger partial charge in [0.1, 0.15) is 0 Å². The molecule has 0 fully saturated rings. The zero-order valence-electron chi connectivity index (χ0n) is 15.8. The van der Waals surface area contributed by atoms with Gasteiger partial charge in [-0.25, -0.2) is 0 Å². The van der Waals surface area contributed by atoms with Crippen LogP contribution < -0.4 is 0 Å². The molecule has 0 radical (unpaired) electrons. The number of hydrogen-bond donors (Lipinski definition) is 0. The molecule has 0 bridgehead atoms. The van der Waals surface area contributed by atoms with Crippen LogP contribution in [0.4, 0.5) is 0 Å². The predicted molar refractivity (Wildman–Crippen MR) is 98.9 cm³/mol. The van der Waals surface area contributed by atoms with Crippen LogP contribution in [-0.2, 0) is 17.3 Å². The van der Waals surface area contributed by atoms with Crippen LogP contribution >= 0.6 is 0 Å². The fraction of sp³-hybridized carbons (Fsp3) is 0.700. The second-order valence-corrected chi connectivity index (χ2v) is 14.4. The number of fused-ring (bicyclic) bond motifs is 1. The largest absolute Gasteiger partial charge is 0.410 e. The molecular formula is C20H34OSi. The van der Waals surface area contributed by atoms with E-state index in [4.69, 9.17) is 4.43 Å². The van der Waals surface area contributed by atoms with Gasteiger partial charge in [-0.1, -0.05) is 59.7 Å². The van der Waals surface area contributed by atoms with E-state index in [1.54, 1.807) is 5.56 Å². The summed E-state index contributed by atoms with van der Waals surface area (Å²) < 4.78 is 6.71. The van der Waals surface area contributed by atoms with Crippen LogP contribution in [0.5, 0.6) is 0 Å². The van der Waals surface area contributed by atoms with Crippen LogP contribution in [0.1, 0.15) is 70.8 Å². The average molecular weight is 319 g/mol. The van der Waals surface area contributed by atoms with Crippen LogP contribution in [0.25, 0.3) is 0 Å². The molecule has 1 aromatic rings. The SMILES string of the molecule is CC(C)(C)Cc1cccc2c1CCC2O[Si](C)(C)C(C)(C)C. The summed E-state index contributed by atoms with van der Waals surface area (Å²) in [7, 11) is -1.70. The molecule has 0 N–H and O–H groups in total. The van der Waals surface area contributed by atoms with E-state index in [1.807, 2.05) is 0 Å². The van der Waals surface area contributed by atoms with Gasteiger partial charge in [0.2, 0.25) is 0 Å². The Balaban J connectivity index is 2.25. The average Bonchev–Trinajstić information content (AvgIpc) is 2.70. The van der Waals surface area contributed by atoms with Crippen LogP contribution in [0.2, 0.25) is 18.1 Å². The Hall–Kier alpha value is -0.603. The Morgan fingerprint density at radius 2 is 1.73 bits per heavy atom. The maximum Gasteiger partial charge on any atom is 0.192 e. The summed E-state index contributed by atoms with van der Waals surface area (Å²) in [6.45, 7) is 18.7. The van der Waals surface area contributed by atoms with Crippen molar-refractivity contribution < 1.29 is 4.43 Å². The van der Waals surface area contributed by atoms with Crippen molar-refractivity contribution in [1.29, 1.82) is 0 Å². The first-order chi connectivity index (χ1) is 9.91. The molecule has 0 spiro atoms. The van der Waals surface area contributed by atoms with Crippen LogP contribution in [0, 0.1) is 5.41 Å². The minimum absolute atomic E-state index is 0.277. The number of rotatable bonds is 3. The lowest BCUT2D eigenvalue weighted by Crippen LogP contribution is -2.41. The molecule has 0 saturated carbocycles. The van der Waals surface area contributed by atoms with Crippen molar-refractivity contribution in [3.05, 3.63) is 34.9 Å². The van der Waals surface area contributed by atoms with Gasteiger partial charge in [-0.15, -0.1) is 0 Å². The fourth-order valence-corrected chi connectivity index (χ4v) is 4.39. The first-order valence-corrected chi connectivity index (χ1v) is 11.6. The molecule has 0 saturated heterocycles. The summed E-state index contributed by atoms with van der Waals surface area (Å²) in [5, 5.41) is 0.277. The third kappa shape index (κ3) is 3.83. The highest BCUT2D eigenvalue weighted by atomic mass is 28.4. The number of benzene rings is 1. The van der Waals surface area contributed by atoms with Gasteiger partial charge in [-0.3, -0.25) is 0 Å². The van der Waals surface area contributed by atoms with Gasteiger partial charge in [-0.2, -0.15) is 0 Å². The first kappa shape index (κ1) is 17.7. The van der Waals surface area contributed by atoms with E-state index >= 15 is 0 Å². The van der Waals surface area contributed by atoms with E-state index in [9.17, 15) is 0 Å². The van der Waals surface area contributed by atoms with Gasteiger partial charge in [0.25, 0.3) is 0 Å². The van der Waals surface area contributed by atoms with Gasteiger partial charge in [0.05, 0.1) is 6.10 Å². The van der Waals surface area contributed by atoms with Gasteiger partial charge in [-0.05, 0) is 59.5 Å². The molecule has 0 heterocycles. The Kier molecular flexibility index (Phi) is 4.67. The van der Waals surface area contributed by atoms with E-state index in [0.29, 0.717) is 11.5 Å². The minimum Gasteiger partial charge on any atom is -0.410 e. The molecule has 1 nitrogen and oxygen atoms in total. The third-order valence-electron chi connectivity index (χ3n) is 5.28. The molecule has 1 aliphatic carbocycles. The van der Waals surface area contributed by atoms with Crippen molar-refractivity contribution in [2.45, 2.75) is 85.0 Å². The highest BCUT2D eigenvalue weighted by Gasteiger charge is 2.41. The smallest absolute Gasteiger partial charge is 0.192 e. The standard InChI is InChI=1S/C20H34OSi/c1-19(2,3)14-15-10-9-11-17-16(15)12-13-18(17)21-22(7,8)20(4,5)6/h9-11,18H,12-14H2,1-8H3. The lowest BCUT2D eigenvalue weighted by molar-refractivity contribution is 0.185. The molecule has 1 unspecified atom stereocenters. The van der Waals surface area contributed by atoms with E-state index in [0.717, 1.165) is 12.8 Å². The molecule has 2 rings (SSSR count). The summed E-state index contributed by atoms with van der Waals surface area (Å²) in [6.07, 6.45) is 3.81. The zero-order chi connectivity index (χ0) is 16.8. The Morgan fingerprint density at radius 3 is 2.27 bits per heavy atom. The molecular weight excluding hydrogens is 284 g/mol. The molecule has 22 heavy (non-hydrogen) atoms. The fourth-order valence-electron chi connectivity index (χ4n) is 3.08. The van der Waals surface area contributed by atoms with Crippen molar-refractivity contribution in [3.63, 3.8) is 0 Å². The van der Waals surface area contributed by atoms with E-state index < -0.39 is 8.32 Å². The maximum absolute atomic E-state index is 6.71. The molecule has 2 heteroatoms. The van der Waals surface area contributed by atoms with Crippen molar-refractivity contribution in [3.8, 4) is 0 Å². The van der Waals surface area contributed by atoms with E-state index in [1.165, 1.54) is 17.5 Å². The Labute approximate surface area is 138 Å². The van der Waals surface area contributed by atoms with Crippen molar-refractivity contribution in [2.24, 2.45) is 5.41 Å². The second kappa shape index (κ2) is 5.79. The van der Waals surface area contributed by atoms with Crippen LogP contribution in [-0.4, -0.2) is 8.32 Å². The molecule has 0 aromatic heterocycles. The molecule has 1 aromatic carbocycles. The first-order valence-electron chi connectivity index (χ1n) is 8.69. The lowest BCUT2D eigenvalue weighted by atomic mass is 9.85. The third-order valence-corrected chi connectivity index (χ3v) is 9.76. The highest BCUT2D eigenvalue weighted by molar-refractivity contribution is 6.74. The monoisotopic (exact) mass is 318 g/mol.